The fourth-order valence-electron chi connectivity index (χ4n) is 2.28. The largest absolute Gasteiger partial charge is 0.387 e. The minimum Gasteiger partial charge on any atom is -0.387 e. The molecule has 0 spiro atoms. The van der Waals surface area contributed by atoms with Gasteiger partial charge in [-0.15, -0.1) is 0 Å². The molecular weight excluding hydrogens is 240 g/mol. The second kappa shape index (κ2) is 7.09. The van der Waals surface area contributed by atoms with Gasteiger partial charge in [0.05, 0.1) is 11.9 Å². The van der Waals surface area contributed by atoms with Gasteiger partial charge in [-0.2, -0.15) is 0 Å². The maximum Gasteiger partial charge on any atom is 0.269 e. The summed E-state index contributed by atoms with van der Waals surface area (Å²) in [5.74, 6) is -0.0934. The van der Waals surface area contributed by atoms with E-state index in [1.165, 1.54) is 25.9 Å². The molecule has 1 fully saturated rings. The van der Waals surface area contributed by atoms with E-state index in [0.29, 0.717) is 12.2 Å². The minimum absolute atomic E-state index is 0.0934. The van der Waals surface area contributed by atoms with Crippen LogP contribution in [0.15, 0.2) is 18.3 Å². The highest BCUT2D eigenvalue weighted by Gasteiger charge is 2.11. The Labute approximate surface area is 114 Å². The molecule has 0 aliphatic carbocycles. The van der Waals surface area contributed by atoms with Gasteiger partial charge in [-0.05, 0) is 51.0 Å². The van der Waals surface area contributed by atoms with Crippen molar-refractivity contribution in [2.24, 2.45) is 0 Å². The third-order valence-electron chi connectivity index (χ3n) is 3.42. The fourth-order valence-corrected chi connectivity index (χ4v) is 2.28. The molecule has 1 aromatic rings. The summed E-state index contributed by atoms with van der Waals surface area (Å²) in [6, 6.07) is 3.59. The molecule has 5 nitrogen and oxygen atoms in total. The summed E-state index contributed by atoms with van der Waals surface area (Å²) >= 11 is 0. The smallest absolute Gasteiger partial charge is 0.269 e. The van der Waals surface area contributed by atoms with Crippen molar-refractivity contribution in [1.82, 2.24) is 15.2 Å². The minimum atomic E-state index is -0.0934. The van der Waals surface area contributed by atoms with Crippen LogP contribution in [-0.4, -0.2) is 49.0 Å². The van der Waals surface area contributed by atoms with Gasteiger partial charge in [0.15, 0.2) is 0 Å². The third-order valence-corrected chi connectivity index (χ3v) is 3.42. The number of likely N-dealkylation sites (tertiary alicyclic amines) is 1. The lowest BCUT2D eigenvalue weighted by atomic mass is 10.3. The van der Waals surface area contributed by atoms with Crippen molar-refractivity contribution < 1.29 is 4.79 Å². The summed E-state index contributed by atoms with van der Waals surface area (Å²) in [5, 5.41) is 5.89. The number of rotatable bonds is 6. The Balaban J connectivity index is 1.68. The summed E-state index contributed by atoms with van der Waals surface area (Å²) in [6.07, 6.45) is 5.29. The molecule has 5 heteroatoms. The Morgan fingerprint density at radius 3 is 2.79 bits per heavy atom. The van der Waals surface area contributed by atoms with E-state index in [-0.39, 0.29) is 5.91 Å². The van der Waals surface area contributed by atoms with E-state index in [1.54, 1.807) is 12.3 Å². The van der Waals surface area contributed by atoms with Crippen molar-refractivity contribution in [3.63, 3.8) is 0 Å². The van der Waals surface area contributed by atoms with Gasteiger partial charge in [0.1, 0.15) is 5.69 Å². The van der Waals surface area contributed by atoms with Crippen LogP contribution in [0.5, 0.6) is 0 Å². The van der Waals surface area contributed by atoms with Crippen LogP contribution in [-0.2, 0) is 0 Å². The monoisotopic (exact) mass is 262 g/mol. The van der Waals surface area contributed by atoms with Gasteiger partial charge in [-0.3, -0.25) is 4.79 Å². The van der Waals surface area contributed by atoms with Crippen LogP contribution in [0, 0.1) is 0 Å². The topological polar surface area (TPSA) is 57.3 Å². The number of pyridine rings is 1. The van der Waals surface area contributed by atoms with Crippen LogP contribution in [0.25, 0.3) is 0 Å². The molecule has 2 rings (SSSR count). The third kappa shape index (κ3) is 4.21. The van der Waals surface area contributed by atoms with E-state index in [0.717, 1.165) is 18.7 Å². The van der Waals surface area contributed by atoms with Crippen molar-refractivity contribution >= 4 is 11.6 Å². The highest BCUT2D eigenvalue weighted by atomic mass is 16.1. The van der Waals surface area contributed by atoms with Crippen molar-refractivity contribution in [1.29, 1.82) is 0 Å². The van der Waals surface area contributed by atoms with Crippen LogP contribution in [0.3, 0.4) is 0 Å². The number of anilines is 1. The summed E-state index contributed by atoms with van der Waals surface area (Å²) in [5.41, 5.74) is 1.38. The van der Waals surface area contributed by atoms with Gasteiger partial charge in [0, 0.05) is 13.6 Å². The quantitative estimate of drug-likeness (QED) is 0.760. The van der Waals surface area contributed by atoms with Gasteiger partial charge < -0.3 is 15.5 Å². The molecule has 1 aliphatic heterocycles. The zero-order valence-electron chi connectivity index (χ0n) is 11.5. The highest BCUT2D eigenvalue weighted by molar-refractivity contribution is 5.92. The average Bonchev–Trinajstić information content (AvgIpc) is 2.96. The van der Waals surface area contributed by atoms with Crippen LogP contribution in [0.1, 0.15) is 29.8 Å². The van der Waals surface area contributed by atoms with E-state index in [2.05, 4.69) is 20.5 Å². The molecule has 19 heavy (non-hydrogen) atoms. The molecule has 1 amide bonds. The molecule has 0 aromatic carbocycles. The summed E-state index contributed by atoms with van der Waals surface area (Å²) < 4.78 is 0. The van der Waals surface area contributed by atoms with Gasteiger partial charge in [-0.1, -0.05) is 0 Å². The predicted octanol–water partition coefficient (Wildman–Crippen LogP) is 1.34. The molecule has 1 aromatic heterocycles. The number of nitrogens with one attached hydrogen (secondary N) is 2. The lowest BCUT2D eigenvalue weighted by Crippen LogP contribution is -2.29. The standard InChI is InChI=1S/C14H22N4O/c1-15-12-5-6-13(17-11-12)14(19)16-7-4-10-18-8-2-3-9-18/h5-6,11,15H,2-4,7-10H2,1H3,(H,16,19). The average molecular weight is 262 g/mol. The van der Waals surface area contributed by atoms with Crippen molar-refractivity contribution in [2.45, 2.75) is 19.3 Å². The molecule has 0 unspecified atom stereocenters. The van der Waals surface area contributed by atoms with Crippen LogP contribution in [0.4, 0.5) is 5.69 Å². The molecular formula is C14H22N4O. The van der Waals surface area contributed by atoms with Crippen molar-refractivity contribution in [3.8, 4) is 0 Å². The normalized spacial score (nSPS) is 15.4. The predicted molar refractivity (Wildman–Crippen MR) is 76.4 cm³/mol. The molecule has 1 aliphatic rings. The Morgan fingerprint density at radius 2 is 2.16 bits per heavy atom. The van der Waals surface area contributed by atoms with Crippen LogP contribution >= 0.6 is 0 Å². The Morgan fingerprint density at radius 1 is 1.37 bits per heavy atom. The lowest BCUT2D eigenvalue weighted by molar-refractivity contribution is 0.0947. The number of amides is 1. The summed E-state index contributed by atoms with van der Waals surface area (Å²) in [7, 11) is 1.83. The SMILES string of the molecule is CNc1ccc(C(=O)NCCCN2CCCC2)nc1. The van der Waals surface area contributed by atoms with Gasteiger partial charge in [0.2, 0.25) is 0 Å². The van der Waals surface area contributed by atoms with Crippen molar-refractivity contribution in [2.75, 3.05) is 38.5 Å². The number of carbonyl (C=O) groups excluding carboxylic acids is 1. The molecule has 1 saturated heterocycles. The second-order valence-electron chi connectivity index (χ2n) is 4.84. The van der Waals surface area contributed by atoms with Crippen LogP contribution < -0.4 is 10.6 Å². The molecule has 0 radical (unpaired) electrons. The summed E-state index contributed by atoms with van der Waals surface area (Å²) in [6.45, 7) is 4.21. The first kappa shape index (κ1) is 13.8. The highest BCUT2D eigenvalue weighted by Crippen LogP contribution is 2.07. The number of hydrogen-bond donors (Lipinski definition) is 2. The Bertz CT molecular complexity index is 398. The number of carbonyl (C=O) groups is 1. The first-order valence-corrected chi connectivity index (χ1v) is 6.94. The maximum atomic E-state index is 11.8. The van der Waals surface area contributed by atoms with E-state index in [1.807, 2.05) is 13.1 Å². The second-order valence-corrected chi connectivity index (χ2v) is 4.84. The zero-order valence-corrected chi connectivity index (χ0v) is 11.5. The first-order chi connectivity index (χ1) is 9.29. The Kier molecular flexibility index (Phi) is 5.15. The van der Waals surface area contributed by atoms with E-state index >= 15 is 0 Å². The molecule has 0 bridgehead atoms. The van der Waals surface area contributed by atoms with Gasteiger partial charge in [0.25, 0.3) is 5.91 Å². The zero-order chi connectivity index (χ0) is 13.5. The molecule has 0 atom stereocenters. The number of nitrogens with zero attached hydrogens (tertiary/aromatic N) is 2. The maximum absolute atomic E-state index is 11.8. The number of hydrogen-bond acceptors (Lipinski definition) is 4. The van der Waals surface area contributed by atoms with Crippen LogP contribution in [0.2, 0.25) is 0 Å². The van der Waals surface area contributed by atoms with E-state index < -0.39 is 0 Å². The fraction of sp³-hybridized carbons (Fsp3) is 0.571. The first-order valence-electron chi connectivity index (χ1n) is 6.94. The van der Waals surface area contributed by atoms with E-state index in [4.69, 9.17) is 0 Å². The van der Waals surface area contributed by atoms with Crippen molar-refractivity contribution in [3.05, 3.63) is 24.0 Å². The van der Waals surface area contributed by atoms with Gasteiger partial charge in [-0.25, -0.2) is 4.98 Å². The molecule has 2 N–H and O–H groups in total. The molecule has 104 valence electrons. The lowest BCUT2D eigenvalue weighted by Gasteiger charge is -2.14. The summed E-state index contributed by atoms with van der Waals surface area (Å²) in [4.78, 5) is 18.4. The number of aromatic nitrogens is 1. The molecule has 2 heterocycles. The Hall–Kier alpha value is -1.62. The van der Waals surface area contributed by atoms with Gasteiger partial charge >= 0.3 is 0 Å². The molecule has 0 saturated carbocycles. The van der Waals surface area contributed by atoms with E-state index in [9.17, 15) is 4.79 Å².